The van der Waals surface area contributed by atoms with Crippen LogP contribution in [-0.2, 0) is 6.42 Å². The fourth-order valence-corrected chi connectivity index (χ4v) is 3.92. The number of primary amides is 1. The number of benzene rings is 3. The van der Waals surface area contributed by atoms with E-state index in [0.29, 0.717) is 16.5 Å². The summed E-state index contributed by atoms with van der Waals surface area (Å²) in [5.74, 6) is -1.10. The maximum absolute atomic E-state index is 15.1. The highest BCUT2D eigenvalue weighted by atomic mass is 19.1. The topological polar surface area (TPSA) is 70.9 Å². The van der Waals surface area contributed by atoms with Gasteiger partial charge in [0, 0.05) is 34.1 Å². The number of hydrogen-bond acceptors (Lipinski definition) is 2. The number of halogens is 1. The first kappa shape index (κ1) is 15.0. The summed E-state index contributed by atoms with van der Waals surface area (Å²) in [6.45, 7) is 0.893. The van der Waals surface area contributed by atoms with Crippen LogP contribution in [0.5, 0.6) is 0 Å². The van der Waals surface area contributed by atoms with E-state index in [9.17, 15) is 4.79 Å². The second-order valence-corrected chi connectivity index (χ2v) is 6.61. The van der Waals surface area contributed by atoms with Crippen molar-refractivity contribution >= 4 is 33.4 Å². The predicted octanol–water partition coefficient (Wildman–Crippen LogP) is 4.19. The summed E-state index contributed by atoms with van der Waals surface area (Å²) in [6, 6.07) is 14.8. The Kier molecular flexibility index (Phi) is 3.06. The van der Waals surface area contributed by atoms with Gasteiger partial charge in [-0.1, -0.05) is 30.3 Å². The lowest BCUT2D eigenvalue weighted by Gasteiger charge is -2.11. The van der Waals surface area contributed by atoms with Gasteiger partial charge in [0.25, 0.3) is 5.91 Å². The smallest absolute Gasteiger partial charge is 0.250 e. The Morgan fingerprint density at radius 1 is 1.12 bits per heavy atom. The van der Waals surface area contributed by atoms with Gasteiger partial charge in [-0.3, -0.25) is 4.79 Å². The Morgan fingerprint density at radius 3 is 2.81 bits per heavy atom. The van der Waals surface area contributed by atoms with Crippen molar-refractivity contribution in [2.45, 2.75) is 6.42 Å². The average molecular weight is 345 g/mol. The van der Waals surface area contributed by atoms with E-state index in [0.717, 1.165) is 35.1 Å². The van der Waals surface area contributed by atoms with Crippen LogP contribution in [0.4, 0.5) is 10.1 Å². The SMILES string of the molecule is NC(=O)c1cc(F)c(-c2ccc3c(c2)NCC3)c2c1[nH]c1ccccc12. The number of nitrogens with two attached hydrogens (primary N) is 1. The number of anilines is 1. The number of H-pyrrole nitrogens is 1. The van der Waals surface area contributed by atoms with Crippen molar-refractivity contribution in [3.63, 3.8) is 0 Å². The highest BCUT2D eigenvalue weighted by Crippen LogP contribution is 2.40. The third-order valence-electron chi connectivity index (χ3n) is 5.11. The molecule has 4 nitrogen and oxygen atoms in total. The quantitative estimate of drug-likeness (QED) is 0.510. The maximum atomic E-state index is 15.1. The number of amides is 1. The minimum atomic E-state index is -0.650. The van der Waals surface area contributed by atoms with Crippen LogP contribution in [0, 0.1) is 5.82 Å². The van der Waals surface area contributed by atoms with E-state index in [1.165, 1.54) is 11.6 Å². The summed E-state index contributed by atoms with van der Waals surface area (Å²) in [5.41, 5.74) is 10.6. The third kappa shape index (κ3) is 2.03. The standard InChI is InChI=1S/C21H16FN3O/c22-15-10-14(21(23)26)20-19(13-3-1-2-4-16(13)25-20)18(15)12-6-5-11-7-8-24-17(11)9-12/h1-6,9-10,24-25H,7-8H2,(H2,23,26). The van der Waals surface area contributed by atoms with Gasteiger partial charge in [-0.25, -0.2) is 4.39 Å². The second kappa shape index (κ2) is 5.33. The highest BCUT2D eigenvalue weighted by molar-refractivity contribution is 6.20. The molecule has 5 rings (SSSR count). The number of hydrogen-bond donors (Lipinski definition) is 3. The summed E-state index contributed by atoms with van der Waals surface area (Å²) >= 11 is 0. The fraction of sp³-hybridized carbons (Fsp3) is 0.0952. The summed E-state index contributed by atoms with van der Waals surface area (Å²) in [5, 5.41) is 4.89. The van der Waals surface area contributed by atoms with Gasteiger partial charge in [-0.2, -0.15) is 0 Å². The number of aromatic amines is 1. The number of fused-ring (bicyclic) bond motifs is 4. The molecule has 0 saturated carbocycles. The molecule has 1 aromatic heterocycles. The van der Waals surface area contributed by atoms with Gasteiger partial charge in [0.15, 0.2) is 0 Å². The molecular formula is C21H16FN3O. The Bertz CT molecular complexity index is 1210. The summed E-state index contributed by atoms with van der Waals surface area (Å²) in [6.07, 6.45) is 0.973. The van der Waals surface area contributed by atoms with E-state index < -0.39 is 11.7 Å². The Hall–Kier alpha value is -3.34. The first-order chi connectivity index (χ1) is 12.6. The second-order valence-electron chi connectivity index (χ2n) is 6.61. The van der Waals surface area contributed by atoms with Crippen molar-refractivity contribution < 1.29 is 9.18 Å². The van der Waals surface area contributed by atoms with E-state index in [1.54, 1.807) is 0 Å². The van der Waals surface area contributed by atoms with Gasteiger partial charge in [-0.05, 0) is 35.7 Å². The fourth-order valence-electron chi connectivity index (χ4n) is 3.92. The first-order valence-electron chi connectivity index (χ1n) is 8.53. The molecule has 4 aromatic rings. The minimum absolute atomic E-state index is 0.164. The molecular weight excluding hydrogens is 329 g/mol. The lowest BCUT2D eigenvalue weighted by molar-refractivity contribution is 0.100. The molecule has 1 amide bonds. The Balaban J connectivity index is 1.92. The van der Waals surface area contributed by atoms with Crippen molar-refractivity contribution in [2.24, 2.45) is 5.73 Å². The molecule has 2 heterocycles. The average Bonchev–Trinajstić information content (AvgIpc) is 3.24. The van der Waals surface area contributed by atoms with Crippen LogP contribution in [0.15, 0.2) is 48.5 Å². The molecule has 4 N–H and O–H groups in total. The van der Waals surface area contributed by atoms with Crippen LogP contribution in [0.1, 0.15) is 15.9 Å². The summed E-state index contributed by atoms with van der Waals surface area (Å²) < 4.78 is 15.1. The van der Waals surface area contributed by atoms with Crippen LogP contribution in [-0.4, -0.2) is 17.4 Å². The number of carbonyl (C=O) groups is 1. The largest absolute Gasteiger partial charge is 0.384 e. The molecule has 0 radical (unpaired) electrons. The zero-order chi connectivity index (χ0) is 17.8. The van der Waals surface area contributed by atoms with Crippen LogP contribution < -0.4 is 11.1 Å². The zero-order valence-corrected chi connectivity index (χ0v) is 13.9. The van der Waals surface area contributed by atoms with Crippen LogP contribution >= 0.6 is 0 Å². The lowest BCUT2D eigenvalue weighted by Crippen LogP contribution is -2.12. The number of nitrogens with one attached hydrogen (secondary N) is 2. The molecule has 0 aliphatic carbocycles. The van der Waals surface area contributed by atoms with Gasteiger partial charge >= 0.3 is 0 Å². The van der Waals surface area contributed by atoms with Crippen molar-refractivity contribution in [2.75, 3.05) is 11.9 Å². The number of carbonyl (C=O) groups excluding carboxylic acids is 1. The van der Waals surface area contributed by atoms with E-state index in [-0.39, 0.29) is 5.56 Å². The minimum Gasteiger partial charge on any atom is -0.384 e. The molecule has 26 heavy (non-hydrogen) atoms. The summed E-state index contributed by atoms with van der Waals surface area (Å²) in [7, 11) is 0. The first-order valence-corrected chi connectivity index (χ1v) is 8.53. The van der Waals surface area contributed by atoms with Gasteiger partial charge in [0.1, 0.15) is 5.82 Å². The van der Waals surface area contributed by atoms with E-state index in [4.69, 9.17) is 5.73 Å². The summed E-state index contributed by atoms with van der Waals surface area (Å²) in [4.78, 5) is 15.1. The molecule has 0 fully saturated rings. The highest BCUT2D eigenvalue weighted by Gasteiger charge is 2.21. The molecule has 3 aromatic carbocycles. The Labute approximate surface area is 148 Å². The number of para-hydroxylation sites is 1. The van der Waals surface area contributed by atoms with Crippen molar-refractivity contribution in [3.8, 4) is 11.1 Å². The number of rotatable bonds is 2. The molecule has 0 atom stereocenters. The molecule has 5 heteroatoms. The van der Waals surface area contributed by atoms with E-state index >= 15 is 4.39 Å². The van der Waals surface area contributed by atoms with Gasteiger partial charge in [0.05, 0.1) is 11.1 Å². The van der Waals surface area contributed by atoms with Crippen molar-refractivity contribution in [1.82, 2.24) is 4.98 Å². The maximum Gasteiger partial charge on any atom is 0.250 e. The normalized spacial score (nSPS) is 13.1. The van der Waals surface area contributed by atoms with E-state index in [1.807, 2.05) is 42.5 Å². The molecule has 1 aliphatic heterocycles. The van der Waals surface area contributed by atoms with E-state index in [2.05, 4.69) is 10.3 Å². The molecule has 0 spiro atoms. The third-order valence-corrected chi connectivity index (χ3v) is 5.11. The number of aromatic nitrogens is 1. The molecule has 0 unspecified atom stereocenters. The van der Waals surface area contributed by atoms with Gasteiger partial charge in [0.2, 0.25) is 0 Å². The van der Waals surface area contributed by atoms with Crippen LogP contribution in [0.25, 0.3) is 32.9 Å². The van der Waals surface area contributed by atoms with Gasteiger partial charge in [-0.15, -0.1) is 0 Å². The van der Waals surface area contributed by atoms with Crippen molar-refractivity contribution in [1.29, 1.82) is 0 Å². The van der Waals surface area contributed by atoms with Crippen LogP contribution in [0.2, 0.25) is 0 Å². The predicted molar refractivity (Wildman–Crippen MR) is 102 cm³/mol. The molecule has 0 bridgehead atoms. The van der Waals surface area contributed by atoms with Crippen molar-refractivity contribution in [3.05, 3.63) is 65.5 Å². The molecule has 0 saturated heterocycles. The molecule has 1 aliphatic rings. The lowest BCUT2D eigenvalue weighted by atomic mass is 9.95. The van der Waals surface area contributed by atoms with Crippen LogP contribution in [0.3, 0.4) is 0 Å². The van der Waals surface area contributed by atoms with Gasteiger partial charge < -0.3 is 16.0 Å². The monoisotopic (exact) mass is 345 g/mol. The Morgan fingerprint density at radius 2 is 1.96 bits per heavy atom. The molecule has 128 valence electrons. The zero-order valence-electron chi connectivity index (χ0n) is 13.9.